The number of aliphatic hydroxyl groups excluding tert-OH is 1. The number of ether oxygens (including phenoxy) is 2. The molecule has 1 N–H and O–H groups in total. The van der Waals surface area contributed by atoms with E-state index in [1.807, 2.05) is 0 Å². The first-order chi connectivity index (χ1) is 8.63. The van der Waals surface area contributed by atoms with Crippen LogP contribution >= 0.6 is 0 Å². The summed E-state index contributed by atoms with van der Waals surface area (Å²) in [6.07, 6.45) is 1.96. The summed E-state index contributed by atoms with van der Waals surface area (Å²) in [4.78, 5) is 4.62. The van der Waals surface area contributed by atoms with E-state index in [2.05, 4.69) is 23.9 Å². The van der Waals surface area contributed by atoms with Crippen molar-refractivity contribution in [3.05, 3.63) is 0 Å². The highest BCUT2D eigenvalue weighted by molar-refractivity contribution is 4.78. The summed E-state index contributed by atoms with van der Waals surface area (Å²) in [6.45, 7) is 4.50. The van der Waals surface area contributed by atoms with Crippen molar-refractivity contribution in [1.82, 2.24) is 9.80 Å². The largest absolute Gasteiger partial charge is 0.389 e. The van der Waals surface area contributed by atoms with Crippen LogP contribution in [0.2, 0.25) is 0 Å². The summed E-state index contributed by atoms with van der Waals surface area (Å²) in [5.41, 5.74) is 0. The zero-order valence-electron chi connectivity index (χ0n) is 12.0. The topological polar surface area (TPSA) is 45.2 Å². The average Bonchev–Trinajstić information content (AvgIpc) is 2.35. The number of methoxy groups -OCH3 is 1. The molecule has 0 aromatic rings. The van der Waals surface area contributed by atoms with Crippen molar-refractivity contribution < 1.29 is 14.6 Å². The minimum Gasteiger partial charge on any atom is -0.389 e. The third-order valence-corrected chi connectivity index (χ3v) is 3.55. The molecule has 0 bridgehead atoms. The smallest absolute Gasteiger partial charge is 0.0900 e. The van der Waals surface area contributed by atoms with Crippen molar-refractivity contribution in [3.63, 3.8) is 0 Å². The molecule has 1 fully saturated rings. The number of piperidine rings is 1. The first kappa shape index (κ1) is 15.9. The molecule has 1 unspecified atom stereocenters. The second-order valence-corrected chi connectivity index (χ2v) is 5.20. The number of likely N-dealkylation sites (N-methyl/N-ethyl adjacent to an activating group) is 1. The van der Waals surface area contributed by atoms with E-state index in [0.717, 1.165) is 13.1 Å². The summed E-state index contributed by atoms with van der Waals surface area (Å²) in [5, 5.41) is 9.88. The van der Waals surface area contributed by atoms with Gasteiger partial charge < -0.3 is 24.4 Å². The summed E-state index contributed by atoms with van der Waals surface area (Å²) in [7, 11) is 5.90. The Morgan fingerprint density at radius 3 is 2.61 bits per heavy atom. The summed E-state index contributed by atoms with van der Waals surface area (Å²) in [6, 6.07) is 0.592. The van der Waals surface area contributed by atoms with Gasteiger partial charge in [-0.1, -0.05) is 0 Å². The monoisotopic (exact) mass is 260 g/mol. The van der Waals surface area contributed by atoms with Crippen LogP contribution in [-0.2, 0) is 9.47 Å². The number of aliphatic hydroxyl groups is 1. The molecule has 1 aliphatic rings. The second-order valence-electron chi connectivity index (χ2n) is 5.20. The molecule has 0 radical (unpaired) electrons. The fourth-order valence-electron chi connectivity index (χ4n) is 2.33. The zero-order valence-corrected chi connectivity index (χ0v) is 12.0. The van der Waals surface area contributed by atoms with Crippen molar-refractivity contribution in [1.29, 1.82) is 0 Å². The predicted molar refractivity (Wildman–Crippen MR) is 71.9 cm³/mol. The fraction of sp³-hybridized carbons (Fsp3) is 1.00. The molecular weight excluding hydrogens is 232 g/mol. The van der Waals surface area contributed by atoms with Gasteiger partial charge in [0.05, 0.1) is 25.9 Å². The maximum atomic E-state index is 9.88. The van der Waals surface area contributed by atoms with Gasteiger partial charge in [-0.15, -0.1) is 0 Å². The van der Waals surface area contributed by atoms with E-state index in [1.54, 1.807) is 7.11 Å². The van der Waals surface area contributed by atoms with Crippen LogP contribution in [0, 0.1) is 0 Å². The number of hydrogen-bond acceptors (Lipinski definition) is 5. The Labute approximate surface area is 111 Å². The normalized spacial score (nSPS) is 20.5. The first-order valence-corrected chi connectivity index (χ1v) is 6.77. The molecule has 1 atom stereocenters. The minimum atomic E-state index is -0.411. The van der Waals surface area contributed by atoms with Crippen LogP contribution in [-0.4, -0.2) is 87.7 Å². The Morgan fingerprint density at radius 2 is 2.00 bits per heavy atom. The van der Waals surface area contributed by atoms with Crippen LogP contribution < -0.4 is 0 Å². The van der Waals surface area contributed by atoms with Gasteiger partial charge in [0.15, 0.2) is 0 Å². The molecular formula is C13H28N2O3. The molecule has 1 rings (SSSR count). The third-order valence-electron chi connectivity index (χ3n) is 3.55. The van der Waals surface area contributed by atoms with Crippen LogP contribution in [0.15, 0.2) is 0 Å². The molecule has 0 aromatic carbocycles. The molecule has 1 saturated heterocycles. The molecule has 0 amide bonds. The van der Waals surface area contributed by atoms with Gasteiger partial charge in [-0.05, 0) is 40.0 Å². The quantitative estimate of drug-likeness (QED) is 0.624. The molecule has 5 heteroatoms. The van der Waals surface area contributed by atoms with Crippen molar-refractivity contribution in [2.75, 3.05) is 60.7 Å². The maximum Gasteiger partial charge on any atom is 0.0900 e. The fourth-order valence-corrected chi connectivity index (χ4v) is 2.33. The highest BCUT2D eigenvalue weighted by Gasteiger charge is 2.21. The second kappa shape index (κ2) is 8.82. The number of rotatable bonds is 8. The van der Waals surface area contributed by atoms with Crippen molar-refractivity contribution in [3.8, 4) is 0 Å². The molecule has 0 aliphatic carbocycles. The molecule has 1 heterocycles. The molecule has 0 spiro atoms. The number of hydrogen-bond donors (Lipinski definition) is 1. The summed E-state index contributed by atoms with van der Waals surface area (Å²) in [5.74, 6) is 0. The lowest BCUT2D eigenvalue weighted by Gasteiger charge is -2.35. The van der Waals surface area contributed by atoms with E-state index in [9.17, 15) is 5.11 Å². The van der Waals surface area contributed by atoms with Crippen LogP contribution in [0.25, 0.3) is 0 Å². The Balaban J connectivity index is 2.12. The predicted octanol–water partition coefficient (Wildman–Crippen LogP) is 0.0363. The van der Waals surface area contributed by atoms with Gasteiger partial charge in [0.1, 0.15) is 0 Å². The minimum absolute atomic E-state index is 0.389. The van der Waals surface area contributed by atoms with E-state index in [-0.39, 0.29) is 0 Å². The summed E-state index contributed by atoms with van der Waals surface area (Å²) >= 11 is 0. The van der Waals surface area contributed by atoms with Gasteiger partial charge in [0.2, 0.25) is 0 Å². The molecule has 18 heavy (non-hydrogen) atoms. The van der Waals surface area contributed by atoms with Crippen LogP contribution in [0.5, 0.6) is 0 Å². The highest BCUT2D eigenvalue weighted by Crippen LogP contribution is 2.14. The van der Waals surface area contributed by atoms with Gasteiger partial charge in [-0.3, -0.25) is 0 Å². The van der Waals surface area contributed by atoms with Gasteiger partial charge >= 0.3 is 0 Å². The number of likely N-dealkylation sites (tertiary alicyclic amines) is 1. The van der Waals surface area contributed by atoms with Crippen molar-refractivity contribution in [2.45, 2.75) is 25.0 Å². The molecule has 1 aliphatic heterocycles. The Morgan fingerprint density at radius 1 is 1.33 bits per heavy atom. The lowest BCUT2D eigenvalue weighted by molar-refractivity contribution is -0.00582. The standard InChI is InChI=1S/C13H28N2O3/c1-14-6-4-12(5-7-14)15(2)10-13(16)11-18-9-8-17-3/h12-13,16H,4-11H2,1-3H3. The van der Waals surface area contributed by atoms with Crippen molar-refractivity contribution >= 4 is 0 Å². The lowest BCUT2D eigenvalue weighted by Crippen LogP contribution is -2.45. The van der Waals surface area contributed by atoms with E-state index in [1.165, 1.54) is 12.8 Å². The van der Waals surface area contributed by atoms with Crippen LogP contribution in [0.1, 0.15) is 12.8 Å². The average molecular weight is 260 g/mol. The molecule has 108 valence electrons. The SMILES string of the molecule is COCCOCC(O)CN(C)C1CCN(C)CC1. The van der Waals surface area contributed by atoms with E-state index < -0.39 is 6.10 Å². The van der Waals surface area contributed by atoms with Gasteiger partial charge in [-0.2, -0.15) is 0 Å². The molecule has 0 aromatic heterocycles. The van der Waals surface area contributed by atoms with Crippen LogP contribution in [0.4, 0.5) is 0 Å². The van der Waals surface area contributed by atoms with Crippen LogP contribution in [0.3, 0.4) is 0 Å². The van der Waals surface area contributed by atoms with Gasteiger partial charge in [0.25, 0.3) is 0 Å². The zero-order chi connectivity index (χ0) is 13.4. The Kier molecular flexibility index (Phi) is 7.77. The lowest BCUT2D eigenvalue weighted by atomic mass is 10.0. The molecule has 5 nitrogen and oxygen atoms in total. The van der Waals surface area contributed by atoms with Crippen molar-refractivity contribution in [2.24, 2.45) is 0 Å². The third kappa shape index (κ3) is 6.11. The Bertz CT molecular complexity index is 208. The summed E-state index contributed by atoms with van der Waals surface area (Å²) < 4.78 is 10.2. The first-order valence-electron chi connectivity index (χ1n) is 6.77. The van der Waals surface area contributed by atoms with E-state index in [4.69, 9.17) is 9.47 Å². The number of nitrogens with zero attached hydrogens (tertiary/aromatic N) is 2. The Hall–Kier alpha value is -0.200. The van der Waals surface area contributed by atoms with Gasteiger partial charge in [0, 0.05) is 19.7 Å². The highest BCUT2D eigenvalue weighted by atomic mass is 16.5. The van der Waals surface area contributed by atoms with Gasteiger partial charge in [-0.25, -0.2) is 0 Å². The van der Waals surface area contributed by atoms with E-state index >= 15 is 0 Å². The molecule has 0 saturated carbocycles. The van der Waals surface area contributed by atoms with E-state index in [0.29, 0.717) is 32.4 Å². The maximum absolute atomic E-state index is 9.88.